The van der Waals surface area contributed by atoms with E-state index in [1.54, 1.807) is 0 Å². The Kier molecular flexibility index (Phi) is 9.27. The molecule has 0 atom stereocenters. The van der Waals surface area contributed by atoms with Crippen LogP contribution in [0.4, 0.5) is 21.9 Å². The van der Waals surface area contributed by atoms with Crippen LogP contribution in [-0.4, -0.2) is 56.1 Å². The highest BCUT2D eigenvalue weighted by molar-refractivity contribution is 6.30. The minimum Gasteiger partial charge on any atom is -0.368 e. The molecule has 0 spiro atoms. The fourth-order valence-corrected chi connectivity index (χ4v) is 4.55. The van der Waals surface area contributed by atoms with Gasteiger partial charge in [-0.25, -0.2) is 4.79 Å². The van der Waals surface area contributed by atoms with E-state index in [2.05, 4.69) is 20.9 Å². The maximum atomic E-state index is 13.0. The second-order valence-corrected chi connectivity index (χ2v) is 9.45. The van der Waals surface area contributed by atoms with E-state index in [1.807, 2.05) is 84.6 Å². The van der Waals surface area contributed by atoms with Crippen molar-refractivity contribution in [3.63, 3.8) is 0 Å². The van der Waals surface area contributed by atoms with E-state index < -0.39 is 0 Å². The lowest BCUT2D eigenvalue weighted by Gasteiger charge is -2.27. The molecule has 0 saturated carbocycles. The average molecular weight is 520 g/mol. The van der Waals surface area contributed by atoms with Crippen molar-refractivity contribution >= 4 is 40.6 Å². The smallest absolute Gasteiger partial charge is 0.317 e. The first-order chi connectivity index (χ1) is 18.0. The lowest BCUT2D eigenvalue weighted by molar-refractivity contribution is 0.0954. The van der Waals surface area contributed by atoms with Crippen LogP contribution in [0.2, 0.25) is 5.02 Å². The highest BCUT2D eigenvalue weighted by Gasteiger charge is 2.21. The molecular formula is C29H34ClN5O2. The lowest BCUT2D eigenvalue weighted by Crippen LogP contribution is -2.42. The molecule has 0 aliphatic carbocycles. The van der Waals surface area contributed by atoms with Gasteiger partial charge in [0.15, 0.2) is 0 Å². The van der Waals surface area contributed by atoms with Crippen molar-refractivity contribution in [2.24, 2.45) is 0 Å². The van der Waals surface area contributed by atoms with Gasteiger partial charge in [0.1, 0.15) is 0 Å². The van der Waals surface area contributed by atoms with E-state index >= 15 is 0 Å². The first-order valence-electron chi connectivity index (χ1n) is 12.8. The summed E-state index contributed by atoms with van der Waals surface area (Å²) < 4.78 is 0. The molecule has 3 N–H and O–H groups in total. The maximum Gasteiger partial charge on any atom is 0.317 e. The van der Waals surface area contributed by atoms with Gasteiger partial charge in [-0.05, 0) is 67.8 Å². The Balaban J connectivity index is 1.49. The summed E-state index contributed by atoms with van der Waals surface area (Å²) in [5.74, 6) is -0.116. The number of hydrogen-bond donors (Lipinski definition) is 3. The number of hydrogen-bond acceptors (Lipinski definition) is 4. The van der Waals surface area contributed by atoms with Gasteiger partial charge in [-0.3, -0.25) is 4.79 Å². The lowest BCUT2D eigenvalue weighted by atomic mass is 10.1. The van der Waals surface area contributed by atoms with Gasteiger partial charge in [-0.2, -0.15) is 0 Å². The monoisotopic (exact) mass is 519 g/mol. The van der Waals surface area contributed by atoms with Gasteiger partial charge >= 0.3 is 6.03 Å². The Bertz CT molecular complexity index is 1190. The first kappa shape index (κ1) is 26.4. The first-order valence-corrected chi connectivity index (χ1v) is 13.2. The zero-order valence-electron chi connectivity index (χ0n) is 21.2. The largest absolute Gasteiger partial charge is 0.368 e. The Hall–Kier alpha value is -3.71. The molecule has 7 nitrogen and oxygen atoms in total. The Morgan fingerprint density at radius 3 is 2.43 bits per heavy atom. The molecule has 1 saturated heterocycles. The molecule has 194 valence electrons. The molecule has 0 unspecified atom stereocenters. The summed E-state index contributed by atoms with van der Waals surface area (Å²) in [6.07, 6.45) is 1.60. The number of amides is 3. The third kappa shape index (κ3) is 7.40. The van der Waals surface area contributed by atoms with E-state index in [0.29, 0.717) is 36.8 Å². The van der Waals surface area contributed by atoms with E-state index in [0.717, 1.165) is 48.6 Å². The van der Waals surface area contributed by atoms with Gasteiger partial charge in [0, 0.05) is 55.5 Å². The Morgan fingerprint density at radius 1 is 0.892 bits per heavy atom. The second-order valence-electron chi connectivity index (χ2n) is 9.02. The molecular weight excluding hydrogens is 486 g/mol. The van der Waals surface area contributed by atoms with Crippen molar-refractivity contribution < 1.29 is 9.59 Å². The van der Waals surface area contributed by atoms with Gasteiger partial charge in [0.2, 0.25) is 0 Å². The third-order valence-electron chi connectivity index (χ3n) is 6.38. The number of halogens is 1. The summed E-state index contributed by atoms with van der Waals surface area (Å²) in [5, 5.41) is 10.1. The van der Waals surface area contributed by atoms with Crippen molar-refractivity contribution in [3.8, 4) is 0 Å². The van der Waals surface area contributed by atoms with Crippen molar-refractivity contribution in [1.82, 2.24) is 15.5 Å². The summed E-state index contributed by atoms with van der Waals surface area (Å²) in [7, 11) is 0. The number of rotatable bonds is 8. The minimum atomic E-state index is -0.116. The molecule has 3 amide bonds. The van der Waals surface area contributed by atoms with E-state index in [-0.39, 0.29) is 11.9 Å². The van der Waals surface area contributed by atoms with Crippen LogP contribution >= 0.6 is 11.6 Å². The van der Waals surface area contributed by atoms with Crippen LogP contribution < -0.4 is 20.9 Å². The SMILES string of the molecule is CCNC(=O)N1CCCN(c2ccc(C(=O)NCCc3ccc(Cl)cc3)cc2Nc2ccccc2)CC1. The summed E-state index contributed by atoms with van der Waals surface area (Å²) in [4.78, 5) is 29.5. The molecule has 1 aliphatic rings. The topological polar surface area (TPSA) is 76.7 Å². The van der Waals surface area contributed by atoms with Gasteiger partial charge in [0.05, 0.1) is 11.4 Å². The molecule has 1 aliphatic heterocycles. The molecule has 3 aromatic carbocycles. The Labute approximate surface area is 223 Å². The normalized spacial score (nSPS) is 13.6. The number of benzene rings is 3. The molecule has 4 rings (SSSR count). The minimum absolute atomic E-state index is 0.0161. The summed E-state index contributed by atoms with van der Waals surface area (Å²) >= 11 is 5.96. The van der Waals surface area contributed by atoms with Crippen molar-refractivity contribution in [2.75, 3.05) is 49.5 Å². The van der Waals surface area contributed by atoms with Gasteiger partial charge < -0.3 is 25.8 Å². The van der Waals surface area contributed by atoms with Crippen molar-refractivity contribution in [2.45, 2.75) is 19.8 Å². The van der Waals surface area contributed by atoms with E-state index in [1.165, 1.54) is 0 Å². The average Bonchev–Trinajstić information content (AvgIpc) is 3.17. The van der Waals surface area contributed by atoms with Crippen LogP contribution in [0.25, 0.3) is 0 Å². The number of carbonyl (C=O) groups is 2. The van der Waals surface area contributed by atoms with E-state index in [4.69, 9.17) is 11.6 Å². The maximum absolute atomic E-state index is 13.0. The molecule has 1 fully saturated rings. The van der Waals surface area contributed by atoms with Crippen LogP contribution in [0.5, 0.6) is 0 Å². The summed E-state index contributed by atoms with van der Waals surface area (Å²) in [5.41, 5.74) is 4.54. The highest BCUT2D eigenvalue weighted by Crippen LogP contribution is 2.31. The zero-order chi connectivity index (χ0) is 26.0. The summed E-state index contributed by atoms with van der Waals surface area (Å²) in [6, 6.07) is 23.4. The molecule has 8 heteroatoms. The number of nitrogens with zero attached hydrogens (tertiary/aromatic N) is 2. The van der Waals surface area contributed by atoms with E-state index in [9.17, 15) is 9.59 Å². The van der Waals surface area contributed by atoms with Crippen LogP contribution in [0, 0.1) is 0 Å². The molecule has 0 aromatic heterocycles. The Morgan fingerprint density at radius 2 is 1.68 bits per heavy atom. The molecule has 0 radical (unpaired) electrons. The summed E-state index contributed by atoms with van der Waals surface area (Å²) in [6.45, 7) is 5.98. The zero-order valence-corrected chi connectivity index (χ0v) is 21.9. The fraction of sp³-hybridized carbons (Fsp3) is 0.310. The number of carbonyl (C=O) groups excluding carboxylic acids is 2. The van der Waals surface area contributed by atoms with Gasteiger partial charge in [-0.15, -0.1) is 0 Å². The number of para-hydroxylation sites is 1. The van der Waals surface area contributed by atoms with Crippen LogP contribution in [0.15, 0.2) is 72.8 Å². The molecule has 0 bridgehead atoms. The fourth-order valence-electron chi connectivity index (χ4n) is 4.43. The van der Waals surface area contributed by atoms with Gasteiger partial charge in [-0.1, -0.05) is 41.9 Å². The van der Waals surface area contributed by atoms with Crippen molar-refractivity contribution in [1.29, 1.82) is 0 Å². The number of nitrogens with one attached hydrogen (secondary N) is 3. The molecule has 3 aromatic rings. The van der Waals surface area contributed by atoms with Crippen LogP contribution in [-0.2, 0) is 6.42 Å². The predicted molar refractivity (Wildman–Crippen MR) is 151 cm³/mol. The quantitative estimate of drug-likeness (QED) is 0.377. The standard InChI is InChI=1S/C29H34ClN5O2/c1-2-31-29(37)35-18-6-17-34(19-20-35)27-14-11-23(21-26(27)33-25-7-4-3-5-8-25)28(36)32-16-15-22-9-12-24(30)13-10-22/h3-5,7-14,21,33H,2,6,15-20H2,1H3,(H,31,37)(H,32,36). The van der Waals surface area contributed by atoms with Crippen molar-refractivity contribution in [3.05, 3.63) is 88.9 Å². The number of anilines is 3. The highest BCUT2D eigenvalue weighted by atomic mass is 35.5. The molecule has 37 heavy (non-hydrogen) atoms. The molecule has 1 heterocycles. The number of urea groups is 1. The van der Waals surface area contributed by atoms with Gasteiger partial charge in [0.25, 0.3) is 5.91 Å². The second kappa shape index (κ2) is 13.0. The predicted octanol–water partition coefficient (Wildman–Crippen LogP) is 5.30. The third-order valence-corrected chi connectivity index (χ3v) is 6.63. The van der Waals surface area contributed by atoms with Crippen LogP contribution in [0.3, 0.4) is 0 Å². The van der Waals surface area contributed by atoms with Crippen LogP contribution in [0.1, 0.15) is 29.3 Å².